The van der Waals surface area contributed by atoms with Gasteiger partial charge in [-0.2, -0.15) is 0 Å². The van der Waals surface area contributed by atoms with Crippen molar-refractivity contribution < 1.29 is 18.0 Å². The first-order valence-electron chi connectivity index (χ1n) is 9.67. The van der Waals surface area contributed by atoms with Crippen molar-refractivity contribution in [1.29, 1.82) is 0 Å². The summed E-state index contributed by atoms with van der Waals surface area (Å²) < 4.78 is 43.9. The van der Waals surface area contributed by atoms with Crippen LogP contribution in [-0.4, -0.2) is 25.3 Å². The van der Waals surface area contributed by atoms with E-state index >= 15 is 0 Å². The smallest absolute Gasteiger partial charge is 0.235 e. The largest absolute Gasteiger partial charge is 0.383 e. The molecule has 0 atom stereocenters. The Kier molecular flexibility index (Phi) is 4.32. The zero-order valence-electron chi connectivity index (χ0n) is 17.3. The number of imidazole rings is 1. The minimum absolute atomic E-state index is 0.145. The molecule has 5 rings (SSSR count). The van der Waals surface area contributed by atoms with E-state index in [1.807, 2.05) is 6.92 Å². The van der Waals surface area contributed by atoms with Crippen LogP contribution < -0.4 is 11.1 Å². The number of aryl methyl sites for hydroxylation is 1. The Balaban J connectivity index is 1.67. The van der Waals surface area contributed by atoms with Crippen molar-refractivity contribution in [3.05, 3.63) is 57.6 Å². The van der Waals surface area contributed by atoms with Gasteiger partial charge in [0, 0.05) is 23.1 Å². The number of thiazole rings is 1. The minimum atomic E-state index is -1.25. The van der Waals surface area contributed by atoms with Crippen LogP contribution in [0.2, 0.25) is 0 Å². The summed E-state index contributed by atoms with van der Waals surface area (Å²) in [6.07, 6.45) is 1.49. The third kappa shape index (κ3) is 2.88. The van der Waals surface area contributed by atoms with E-state index < -0.39 is 28.4 Å². The number of fused-ring (bicyclic) bond motifs is 2. The fourth-order valence-corrected chi connectivity index (χ4v) is 4.83. The van der Waals surface area contributed by atoms with Gasteiger partial charge in [0.05, 0.1) is 11.0 Å². The van der Waals surface area contributed by atoms with Gasteiger partial charge >= 0.3 is 0 Å². The molecular weight excluding hydrogens is 441 g/mol. The Bertz CT molecular complexity index is 1440. The summed E-state index contributed by atoms with van der Waals surface area (Å²) in [7, 11) is 0. The molecule has 0 unspecified atom stereocenters. The zero-order chi connectivity index (χ0) is 22.9. The molecule has 3 aromatic heterocycles. The number of hydrogen-bond donors (Lipinski definition) is 2. The number of carbonyl (C=O) groups excluding carboxylic acids is 1. The molecule has 4 aromatic rings. The number of rotatable bonds is 3. The van der Waals surface area contributed by atoms with Crippen LogP contribution in [0.3, 0.4) is 0 Å². The molecule has 32 heavy (non-hydrogen) atoms. The first kappa shape index (κ1) is 20.4. The summed E-state index contributed by atoms with van der Waals surface area (Å²) in [6.45, 7) is 5.33. The first-order valence-corrected chi connectivity index (χ1v) is 10.5. The van der Waals surface area contributed by atoms with Crippen LogP contribution in [0.1, 0.15) is 35.7 Å². The van der Waals surface area contributed by atoms with Gasteiger partial charge in [0.25, 0.3) is 0 Å². The summed E-state index contributed by atoms with van der Waals surface area (Å²) in [5.41, 5.74) is 5.73. The van der Waals surface area contributed by atoms with E-state index in [4.69, 9.17) is 5.73 Å². The number of halogens is 3. The maximum Gasteiger partial charge on any atom is 0.235 e. The Morgan fingerprint density at radius 2 is 1.88 bits per heavy atom. The Hall–Kier alpha value is -3.47. The molecule has 1 aliphatic heterocycles. The molecule has 0 saturated carbocycles. The second-order valence-corrected chi connectivity index (χ2v) is 9.36. The predicted octanol–water partition coefficient (Wildman–Crippen LogP) is 3.98. The monoisotopic (exact) mass is 458 g/mol. The first-order chi connectivity index (χ1) is 15.1. The van der Waals surface area contributed by atoms with Gasteiger partial charge in [-0.1, -0.05) is 0 Å². The molecule has 1 aromatic carbocycles. The van der Waals surface area contributed by atoms with Gasteiger partial charge in [-0.15, -0.1) is 11.3 Å². The second kappa shape index (κ2) is 6.76. The fraction of sp³-hybridized carbons (Fsp3) is 0.238. The summed E-state index contributed by atoms with van der Waals surface area (Å²) in [6, 6.07) is 1.62. The van der Waals surface area contributed by atoms with Crippen molar-refractivity contribution in [2.45, 2.75) is 32.6 Å². The highest BCUT2D eigenvalue weighted by molar-refractivity contribution is 7.17. The summed E-state index contributed by atoms with van der Waals surface area (Å²) in [4.78, 5) is 27.2. The van der Waals surface area contributed by atoms with Crippen molar-refractivity contribution >= 4 is 33.7 Å². The molecule has 164 valence electrons. The van der Waals surface area contributed by atoms with E-state index in [0.29, 0.717) is 21.9 Å². The zero-order valence-corrected chi connectivity index (χ0v) is 18.1. The molecule has 0 aliphatic carbocycles. The summed E-state index contributed by atoms with van der Waals surface area (Å²) >= 11 is 1.39. The number of benzene rings is 1. The standard InChI is InChI=1S/C21H17F3N6OS/c1-8-7-30-12(6-9-10(22)4-5-11(23)14(9)24)26-15(19(30)32-8)18-27-16(25)13-17(28-18)29-20(31)21(13,2)3/h4-5,7H,6H2,1-3H3,(H3,25,27,28,29,31). The van der Waals surface area contributed by atoms with Gasteiger partial charge in [-0.05, 0) is 32.9 Å². The normalized spacial score (nSPS) is 14.8. The fourth-order valence-electron chi connectivity index (χ4n) is 3.88. The lowest BCUT2D eigenvalue weighted by Gasteiger charge is -2.15. The van der Waals surface area contributed by atoms with E-state index in [1.165, 1.54) is 11.3 Å². The number of amides is 1. The SMILES string of the molecule is Cc1cn2c(Cc3c(F)ccc(F)c3F)nc(-c3nc(N)c4c(n3)NC(=O)C4(C)C)c2s1. The lowest BCUT2D eigenvalue weighted by molar-refractivity contribution is -0.119. The van der Waals surface area contributed by atoms with E-state index in [1.54, 1.807) is 24.4 Å². The highest BCUT2D eigenvalue weighted by Crippen LogP contribution is 2.41. The van der Waals surface area contributed by atoms with Crippen LogP contribution in [0.5, 0.6) is 0 Å². The number of anilines is 2. The molecule has 0 spiro atoms. The molecule has 3 N–H and O–H groups in total. The van der Waals surface area contributed by atoms with Crippen molar-refractivity contribution in [1.82, 2.24) is 19.4 Å². The van der Waals surface area contributed by atoms with Crippen molar-refractivity contribution in [3.63, 3.8) is 0 Å². The van der Waals surface area contributed by atoms with Crippen LogP contribution in [0.25, 0.3) is 16.3 Å². The molecule has 1 amide bonds. The number of hydrogen-bond acceptors (Lipinski definition) is 6. The summed E-state index contributed by atoms with van der Waals surface area (Å²) in [5, 5.41) is 2.72. The molecule has 0 radical (unpaired) electrons. The Morgan fingerprint density at radius 3 is 2.62 bits per heavy atom. The summed E-state index contributed by atoms with van der Waals surface area (Å²) in [5.74, 6) is -2.59. The van der Waals surface area contributed by atoms with Gasteiger partial charge < -0.3 is 11.1 Å². The van der Waals surface area contributed by atoms with Crippen LogP contribution in [0, 0.1) is 24.4 Å². The molecule has 4 heterocycles. The minimum Gasteiger partial charge on any atom is -0.383 e. The lowest BCUT2D eigenvalue weighted by Crippen LogP contribution is -2.27. The molecule has 7 nitrogen and oxygen atoms in total. The second-order valence-electron chi connectivity index (χ2n) is 8.13. The molecule has 0 fully saturated rings. The quantitative estimate of drug-likeness (QED) is 0.453. The van der Waals surface area contributed by atoms with Crippen molar-refractivity contribution in [2.24, 2.45) is 0 Å². The Labute approximate surface area is 184 Å². The van der Waals surface area contributed by atoms with Gasteiger partial charge in [-0.3, -0.25) is 9.20 Å². The third-order valence-corrected chi connectivity index (χ3v) is 6.57. The van der Waals surface area contributed by atoms with Gasteiger partial charge in [-0.25, -0.2) is 28.1 Å². The number of nitrogen functional groups attached to an aromatic ring is 1. The number of aromatic nitrogens is 4. The molecule has 0 bridgehead atoms. The van der Waals surface area contributed by atoms with Gasteiger partial charge in [0.2, 0.25) is 5.91 Å². The number of nitrogens with zero attached hydrogens (tertiary/aromatic N) is 4. The van der Waals surface area contributed by atoms with E-state index in [0.717, 1.165) is 17.0 Å². The predicted molar refractivity (Wildman–Crippen MR) is 114 cm³/mol. The third-order valence-electron chi connectivity index (χ3n) is 5.56. The topological polar surface area (TPSA) is 98.2 Å². The molecule has 11 heteroatoms. The van der Waals surface area contributed by atoms with Gasteiger partial charge in [0.15, 0.2) is 17.5 Å². The average Bonchev–Trinajstić information content (AvgIpc) is 3.32. The van der Waals surface area contributed by atoms with E-state index in [9.17, 15) is 18.0 Å². The number of nitrogens with one attached hydrogen (secondary N) is 1. The van der Waals surface area contributed by atoms with Crippen molar-refractivity contribution in [3.8, 4) is 11.5 Å². The molecular formula is C21H17F3N6OS. The highest BCUT2D eigenvalue weighted by atomic mass is 32.1. The maximum atomic E-state index is 14.3. The molecule has 0 saturated heterocycles. The Morgan fingerprint density at radius 1 is 1.16 bits per heavy atom. The van der Waals surface area contributed by atoms with Crippen LogP contribution >= 0.6 is 11.3 Å². The lowest BCUT2D eigenvalue weighted by atomic mass is 9.87. The van der Waals surface area contributed by atoms with E-state index in [2.05, 4.69) is 20.3 Å². The average molecular weight is 458 g/mol. The van der Waals surface area contributed by atoms with Crippen LogP contribution in [-0.2, 0) is 16.6 Å². The van der Waals surface area contributed by atoms with E-state index in [-0.39, 0.29) is 29.8 Å². The van der Waals surface area contributed by atoms with Crippen molar-refractivity contribution in [2.75, 3.05) is 11.1 Å². The highest BCUT2D eigenvalue weighted by Gasteiger charge is 2.42. The number of nitrogens with two attached hydrogens (primary N) is 1. The van der Waals surface area contributed by atoms with Gasteiger partial charge in [0.1, 0.15) is 33.8 Å². The maximum absolute atomic E-state index is 14.3. The van der Waals surface area contributed by atoms with Crippen LogP contribution in [0.15, 0.2) is 18.3 Å². The number of carbonyl (C=O) groups is 1. The van der Waals surface area contributed by atoms with Crippen LogP contribution in [0.4, 0.5) is 24.8 Å². The molecule has 1 aliphatic rings.